The van der Waals surface area contributed by atoms with Crippen LogP contribution in [0.4, 0.5) is 17.1 Å². The Bertz CT molecular complexity index is 1080. The Hall–Kier alpha value is -3.85. The van der Waals surface area contributed by atoms with Crippen molar-refractivity contribution in [1.82, 2.24) is 4.98 Å². The third-order valence-electron chi connectivity index (χ3n) is 5.26. The number of nitriles is 1. The first-order chi connectivity index (χ1) is 14.6. The fourth-order valence-electron chi connectivity index (χ4n) is 3.61. The van der Waals surface area contributed by atoms with Crippen LogP contribution < -0.4 is 15.1 Å². The van der Waals surface area contributed by atoms with E-state index in [0.29, 0.717) is 16.9 Å². The predicted molar refractivity (Wildman–Crippen MR) is 119 cm³/mol. The molecule has 1 aromatic heterocycles. The zero-order chi connectivity index (χ0) is 20.9. The monoisotopic (exact) mass is 397 g/mol. The van der Waals surface area contributed by atoms with E-state index in [1.165, 1.54) is 11.3 Å². The summed E-state index contributed by atoms with van der Waals surface area (Å²) in [4.78, 5) is 21.5. The Balaban J connectivity index is 1.41. The number of piperazine rings is 1. The largest absolute Gasteiger partial charge is 0.368 e. The van der Waals surface area contributed by atoms with Crippen LogP contribution in [0.3, 0.4) is 0 Å². The number of hydrogen-bond acceptors (Lipinski definition) is 5. The standard InChI is InChI=1S/C24H23N5O/c1-18-3-2-4-21(15-18)28-11-13-29(14-12-28)22-9-10-26-23(16-22)24(30)27-20-7-5-19(17-25)6-8-20/h2-10,15-16H,11-14H2,1H3,(H,27,30). The predicted octanol–water partition coefficient (Wildman–Crippen LogP) is 3.84. The number of aryl methyl sites for hydroxylation is 1. The molecule has 0 radical (unpaired) electrons. The number of anilines is 3. The Morgan fingerprint density at radius 2 is 1.63 bits per heavy atom. The lowest BCUT2D eigenvalue weighted by molar-refractivity contribution is 0.102. The second-order valence-corrected chi connectivity index (χ2v) is 7.36. The molecule has 1 aliphatic heterocycles. The van der Waals surface area contributed by atoms with Gasteiger partial charge < -0.3 is 15.1 Å². The highest BCUT2D eigenvalue weighted by atomic mass is 16.1. The fourth-order valence-corrected chi connectivity index (χ4v) is 3.61. The number of carbonyl (C=O) groups is 1. The minimum absolute atomic E-state index is 0.264. The second-order valence-electron chi connectivity index (χ2n) is 7.36. The third kappa shape index (κ3) is 4.41. The maximum absolute atomic E-state index is 12.6. The number of amides is 1. The van der Waals surface area contributed by atoms with Gasteiger partial charge in [-0.3, -0.25) is 9.78 Å². The summed E-state index contributed by atoms with van der Waals surface area (Å²) in [5.74, 6) is -0.264. The summed E-state index contributed by atoms with van der Waals surface area (Å²) in [6.45, 7) is 5.74. The lowest BCUT2D eigenvalue weighted by Gasteiger charge is -2.37. The minimum atomic E-state index is -0.264. The summed E-state index contributed by atoms with van der Waals surface area (Å²) in [5.41, 5.74) is 5.08. The van der Waals surface area contributed by atoms with Crippen LogP contribution in [-0.2, 0) is 0 Å². The zero-order valence-electron chi connectivity index (χ0n) is 16.9. The summed E-state index contributed by atoms with van der Waals surface area (Å²) in [7, 11) is 0. The van der Waals surface area contributed by atoms with Gasteiger partial charge >= 0.3 is 0 Å². The molecule has 1 aliphatic rings. The smallest absolute Gasteiger partial charge is 0.274 e. The highest BCUT2D eigenvalue weighted by Gasteiger charge is 2.19. The van der Waals surface area contributed by atoms with Crippen molar-refractivity contribution in [3.63, 3.8) is 0 Å². The maximum Gasteiger partial charge on any atom is 0.274 e. The molecule has 1 saturated heterocycles. The maximum atomic E-state index is 12.6. The number of carbonyl (C=O) groups excluding carboxylic acids is 1. The normalized spacial score (nSPS) is 13.6. The van der Waals surface area contributed by atoms with Crippen LogP contribution in [0.15, 0.2) is 66.9 Å². The lowest BCUT2D eigenvalue weighted by atomic mass is 10.2. The Morgan fingerprint density at radius 1 is 0.967 bits per heavy atom. The van der Waals surface area contributed by atoms with Crippen molar-refractivity contribution < 1.29 is 4.79 Å². The van der Waals surface area contributed by atoms with E-state index in [2.05, 4.69) is 57.4 Å². The van der Waals surface area contributed by atoms with Crippen molar-refractivity contribution >= 4 is 23.0 Å². The van der Waals surface area contributed by atoms with E-state index < -0.39 is 0 Å². The molecule has 0 saturated carbocycles. The van der Waals surface area contributed by atoms with Gasteiger partial charge in [0, 0.05) is 49.4 Å². The van der Waals surface area contributed by atoms with Crippen LogP contribution in [0.1, 0.15) is 21.6 Å². The van der Waals surface area contributed by atoms with Gasteiger partial charge in [-0.05, 0) is 61.0 Å². The molecule has 2 heterocycles. The molecule has 3 aromatic rings. The van der Waals surface area contributed by atoms with Gasteiger partial charge in [-0.25, -0.2) is 0 Å². The topological polar surface area (TPSA) is 72.3 Å². The fraction of sp³-hybridized carbons (Fsp3) is 0.208. The summed E-state index contributed by atoms with van der Waals surface area (Å²) in [6, 6.07) is 21.2. The van der Waals surface area contributed by atoms with Crippen molar-refractivity contribution in [2.75, 3.05) is 41.3 Å². The van der Waals surface area contributed by atoms with Gasteiger partial charge in [0.15, 0.2) is 0 Å². The molecule has 0 unspecified atom stereocenters. The quantitative estimate of drug-likeness (QED) is 0.724. The first kappa shape index (κ1) is 19.5. The highest BCUT2D eigenvalue weighted by molar-refractivity contribution is 6.03. The lowest BCUT2D eigenvalue weighted by Crippen LogP contribution is -2.46. The minimum Gasteiger partial charge on any atom is -0.368 e. The van der Waals surface area contributed by atoms with Gasteiger partial charge in [0.25, 0.3) is 5.91 Å². The van der Waals surface area contributed by atoms with Gasteiger partial charge in [0.2, 0.25) is 0 Å². The van der Waals surface area contributed by atoms with E-state index in [1.54, 1.807) is 30.5 Å². The van der Waals surface area contributed by atoms with E-state index in [4.69, 9.17) is 5.26 Å². The molecule has 1 amide bonds. The van der Waals surface area contributed by atoms with Gasteiger partial charge in [-0.2, -0.15) is 5.26 Å². The Morgan fingerprint density at radius 3 is 2.27 bits per heavy atom. The average Bonchev–Trinajstić information content (AvgIpc) is 2.80. The van der Waals surface area contributed by atoms with Crippen molar-refractivity contribution in [3.05, 3.63) is 83.7 Å². The van der Waals surface area contributed by atoms with Crippen LogP contribution in [0.25, 0.3) is 0 Å². The molecule has 2 aromatic carbocycles. The molecule has 0 aliphatic carbocycles. The molecular formula is C24H23N5O. The van der Waals surface area contributed by atoms with Crippen molar-refractivity contribution in [2.45, 2.75) is 6.92 Å². The molecule has 1 fully saturated rings. The summed E-state index contributed by atoms with van der Waals surface area (Å²) in [5, 5.41) is 11.7. The summed E-state index contributed by atoms with van der Waals surface area (Å²) in [6.07, 6.45) is 1.68. The van der Waals surface area contributed by atoms with E-state index in [-0.39, 0.29) is 5.91 Å². The average molecular weight is 397 g/mol. The van der Waals surface area contributed by atoms with Crippen LogP contribution >= 0.6 is 0 Å². The van der Waals surface area contributed by atoms with Gasteiger partial charge in [-0.1, -0.05) is 12.1 Å². The zero-order valence-corrected chi connectivity index (χ0v) is 16.9. The number of nitrogens with one attached hydrogen (secondary N) is 1. The van der Waals surface area contributed by atoms with Crippen molar-refractivity contribution in [3.8, 4) is 6.07 Å². The number of benzene rings is 2. The number of hydrogen-bond donors (Lipinski definition) is 1. The first-order valence-corrected chi connectivity index (χ1v) is 9.96. The molecule has 0 spiro atoms. The van der Waals surface area contributed by atoms with Crippen molar-refractivity contribution in [1.29, 1.82) is 5.26 Å². The Kier molecular flexibility index (Phi) is 5.62. The van der Waals surface area contributed by atoms with Gasteiger partial charge in [0.05, 0.1) is 11.6 Å². The molecule has 0 atom stereocenters. The number of pyridine rings is 1. The number of nitrogens with zero attached hydrogens (tertiary/aromatic N) is 4. The molecule has 1 N–H and O–H groups in total. The molecule has 6 nitrogen and oxygen atoms in total. The molecular weight excluding hydrogens is 374 g/mol. The Labute approximate surface area is 176 Å². The SMILES string of the molecule is Cc1cccc(N2CCN(c3ccnc(C(=O)Nc4ccc(C#N)cc4)c3)CC2)c1. The van der Waals surface area contributed by atoms with E-state index in [9.17, 15) is 4.79 Å². The summed E-state index contributed by atoms with van der Waals surface area (Å²) >= 11 is 0. The van der Waals surface area contributed by atoms with Gasteiger partial charge in [-0.15, -0.1) is 0 Å². The third-order valence-corrected chi connectivity index (χ3v) is 5.26. The van der Waals surface area contributed by atoms with E-state index in [0.717, 1.165) is 31.9 Å². The van der Waals surface area contributed by atoms with Crippen molar-refractivity contribution in [2.24, 2.45) is 0 Å². The number of aromatic nitrogens is 1. The summed E-state index contributed by atoms with van der Waals surface area (Å²) < 4.78 is 0. The van der Waals surface area contributed by atoms with Crippen LogP contribution in [-0.4, -0.2) is 37.1 Å². The second kappa shape index (κ2) is 8.66. The van der Waals surface area contributed by atoms with E-state index in [1.807, 2.05) is 12.1 Å². The van der Waals surface area contributed by atoms with Gasteiger partial charge in [0.1, 0.15) is 5.69 Å². The highest BCUT2D eigenvalue weighted by Crippen LogP contribution is 2.22. The molecule has 6 heteroatoms. The van der Waals surface area contributed by atoms with Crippen LogP contribution in [0.2, 0.25) is 0 Å². The molecule has 0 bridgehead atoms. The first-order valence-electron chi connectivity index (χ1n) is 9.96. The van der Waals surface area contributed by atoms with Crippen LogP contribution in [0.5, 0.6) is 0 Å². The molecule has 4 rings (SSSR count). The molecule has 150 valence electrons. The molecule has 30 heavy (non-hydrogen) atoms. The van der Waals surface area contributed by atoms with Crippen LogP contribution in [0, 0.1) is 18.3 Å². The van der Waals surface area contributed by atoms with E-state index >= 15 is 0 Å². The number of rotatable bonds is 4.